The van der Waals surface area contributed by atoms with Crippen LogP contribution in [0.3, 0.4) is 0 Å². The van der Waals surface area contributed by atoms with Gasteiger partial charge < -0.3 is 5.73 Å². The van der Waals surface area contributed by atoms with Crippen molar-refractivity contribution in [1.82, 2.24) is 5.43 Å². The van der Waals surface area contributed by atoms with Crippen LogP contribution in [0.5, 0.6) is 0 Å². The van der Waals surface area contributed by atoms with Gasteiger partial charge in [0.05, 0.1) is 0 Å². The normalized spacial score (nSPS) is 22.9. The molecule has 14 heavy (non-hydrogen) atoms. The maximum Gasteiger partial charge on any atom is 0.332 e. The number of carbonyl (C=O) groups excluding carboxylic acids is 1. The molecule has 0 spiro atoms. The molecule has 0 unspecified atom stereocenters. The first-order chi connectivity index (χ1) is 6.61. The van der Waals surface area contributed by atoms with Crippen molar-refractivity contribution >= 4 is 11.7 Å². The summed E-state index contributed by atoms with van der Waals surface area (Å²) in [6.07, 6.45) is 5.68. The van der Waals surface area contributed by atoms with Crippen molar-refractivity contribution in [2.24, 2.45) is 16.8 Å². The lowest BCUT2D eigenvalue weighted by Crippen LogP contribution is -2.27. The summed E-state index contributed by atoms with van der Waals surface area (Å²) < 4.78 is 0. The highest BCUT2D eigenvalue weighted by Gasteiger charge is 2.17. The summed E-state index contributed by atoms with van der Waals surface area (Å²) in [4.78, 5) is 10.5. The smallest absolute Gasteiger partial charge is 0.332 e. The molecular weight excluding hydrogens is 178 g/mol. The third kappa shape index (κ3) is 2.87. The van der Waals surface area contributed by atoms with E-state index in [4.69, 9.17) is 5.73 Å². The summed E-state index contributed by atoms with van der Waals surface area (Å²) in [6, 6.07) is -0.609. The minimum absolute atomic E-state index is 0.371. The second kappa shape index (κ2) is 4.79. The molecule has 0 radical (unpaired) electrons. The summed E-state index contributed by atoms with van der Waals surface area (Å²) in [7, 11) is 0. The first kappa shape index (κ1) is 10.8. The third-order valence-corrected chi connectivity index (χ3v) is 2.56. The van der Waals surface area contributed by atoms with Crippen LogP contribution in [0.25, 0.3) is 0 Å². The van der Waals surface area contributed by atoms with Crippen LogP contribution in [0.2, 0.25) is 0 Å². The molecule has 0 aromatic carbocycles. The number of hydrazone groups is 1. The van der Waals surface area contributed by atoms with Crippen molar-refractivity contribution in [2.75, 3.05) is 0 Å². The van der Waals surface area contributed by atoms with Crippen LogP contribution in [-0.2, 0) is 0 Å². The van der Waals surface area contributed by atoms with E-state index in [1.807, 2.05) is 6.92 Å². The van der Waals surface area contributed by atoms with Gasteiger partial charge >= 0.3 is 6.03 Å². The van der Waals surface area contributed by atoms with Gasteiger partial charge in [0.15, 0.2) is 0 Å². The number of allylic oxidation sites excluding steroid dienone is 2. The second-order valence-electron chi connectivity index (χ2n) is 3.66. The number of nitrogens with two attached hydrogens (primary N) is 1. The molecule has 0 saturated carbocycles. The molecule has 1 aliphatic rings. The summed E-state index contributed by atoms with van der Waals surface area (Å²) >= 11 is 0. The van der Waals surface area contributed by atoms with Crippen molar-refractivity contribution in [2.45, 2.75) is 33.1 Å². The molecule has 1 aliphatic carbocycles. The van der Waals surface area contributed by atoms with Gasteiger partial charge in [0.25, 0.3) is 0 Å². The van der Waals surface area contributed by atoms with Crippen molar-refractivity contribution in [3.63, 3.8) is 0 Å². The van der Waals surface area contributed by atoms with E-state index in [1.165, 1.54) is 12.0 Å². The molecule has 0 bridgehead atoms. The minimum atomic E-state index is -0.609. The Hall–Kier alpha value is -1.32. The van der Waals surface area contributed by atoms with Crippen LogP contribution in [0.1, 0.15) is 33.1 Å². The Bertz CT molecular complexity index is 281. The fourth-order valence-corrected chi connectivity index (χ4v) is 1.78. The predicted octanol–water partition coefficient (Wildman–Crippen LogP) is 1.78. The van der Waals surface area contributed by atoms with Gasteiger partial charge in [-0.15, -0.1) is 0 Å². The van der Waals surface area contributed by atoms with E-state index in [9.17, 15) is 4.79 Å². The molecule has 0 fully saturated rings. The molecule has 4 heteroatoms. The number of nitrogens with zero attached hydrogens (tertiary/aromatic N) is 1. The average Bonchev–Trinajstić information content (AvgIpc) is 2.15. The zero-order chi connectivity index (χ0) is 10.6. The molecule has 0 saturated heterocycles. The van der Waals surface area contributed by atoms with Crippen LogP contribution < -0.4 is 11.2 Å². The van der Waals surface area contributed by atoms with Gasteiger partial charge in [0.2, 0.25) is 0 Å². The monoisotopic (exact) mass is 195 g/mol. The Labute approximate surface area is 84.2 Å². The van der Waals surface area contributed by atoms with Gasteiger partial charge in [0.1, 0.15) is 0 Å². The molecule has 78 valence electrons. The van der Waals surface area contributed by atoms with Gasteiger partial charge in [0, 0.05) is 11.6 Å². The highest BCUT2D eigenvalue weighted by atomic mass is 16.2. The van der Waals surface area contributed by atoms with E-state index >= 15 is 0 Å². The zero-order valence-electron chi connectivity index (χ0n) is 8.71. The molecule has 0 aromatic heterocycles. The Morgan fingerprint density at radius 2 is 2.43 bits per heavy atom. The van der Waals surface area contributed by atoms with Gasteiger partial charge in [-0.2, -0.15) is 5.10 Å². The van der Waals surface area contributed by atoms with E-state index in [1.54, 1.807) is 0 Å². The highest BCUT2D eigenvalue weighted by Crippen LogP contribution is 2.25. The van der Waals surface area contributed by atoms with Gasteiger partial charge in [-0.3, -0.25) is 0 Å². The standard InChI is InChI=1S/C10H17N3O/c1-7-5-3-4-6-9(7)8(2)12-13-10(11)14/h5,9H,3-4,6H2,1-2H3,(H3,11,13,14)/b12-8-/t9-/m1/s1. The molecule has 2 amide bonds. The van der Waals surface area contributed by atoms with Gasteiger partial charge in [-0.05, 0) is 33.1 Å². The first-order valence-corrected chi connectivity index (χ1v) is 4.87. The second-order valence-corrected chi connectivity index (χ2v) is 3.66. The van der Waals surface area contributed by atoms with Gasteiger partial charge in [-0.25, -0.2) is 10.2 Å². The largest absolute Gasteiger partial charge is 0.350 e. The number of hydrogen-bond donors (Lipinski definition) is 2. The number of hydrogen-bond acceptors (Lipinski definition) is 2. The Morgan fingerprint density at radius 1 is 1.71 bits per heavy atom. The quantitative estimate of drug-likeness (QED) is 0.393. The van der Waals surface area contributed by atoms with Crippen LogP contribution >= 0.6 is 0 Å². The zero-order valence-corrected chi connectivity index (χ0v) is 8.71. The molecule has 0 aliphatic heterocycles. The lowest BCUT2D eigenvalue weighted by Gasteiger charge is -2.21. The summed E-state index contributed by atoms with van der Waals surface area (Å²) in [6.45, 7) is 4.02. The lowest BCUT2D eigenvalue weighted by molar-refractivity contribution is 0.249. The number of primary amides is 1. The SMILES string of the molecule is CC1=CCCC[C@H]1/C(C)=N\NC(N)=O. The van der Waals surface area contributed by atoms with E-state index < -0.39 is 6.03 Å². The molecule has 1 atom stereocenters. The number of carbonyl (C=O) groups is 1. The topological polar surface area (TPSA) is 67.5 Å². The number of urea groups is 1. The van der Waals surface area contributed by atoms with Crippen LogP contribution in [-0.4, -0.2) is 11.7 Å². The fraction of sp³-hybridized carbons (Fsp3) is 0.600. The van der Waals surface area contributed by atoms with Crippen molar-refractivity contribution in [3.05, 3.63) is 11.6 Å². The molecule has 1 rings (SSSR count). The summed E-state index contributed by atoms with van der Waals surface area (Å²) in [5, 5.41) is 3.95. The molecular formula is C10H17N3O. The van der Waals surface area contributed by atoms with Crippen molar-refractivity contribution in [3.8, 4) is 0 Å². The summed E-state index contributed by atoms with van der Waals surface area (Å²) in [5.41, 5.74) is 9.46. The maximum atomic E-state index is 10.5. The van der Waals surface area contributed by atoms with Gasteiger partial charge in [-0.1, -0.05) is 11.6 Å². The average molecular weight is 195 g/mol. The molecule has 0 aromatic rings. The van der Waals surface area contributed by atoms with Crippen LogP contribution in [0.4, 0.5) is 4.79 Å². The van der Waals surface area contributed by atoms with Crippen LogP contribution in [0.15, 0.2) is 16.8 Å². The molecule has 0 heterocycles. The number of amides is 2. The minimum Gasteiger partial charge on any atom is -0.350 e. The molecule has 3 N–H and O–H groups in total. The lowest BCUT2D eigenvalue weighted by atomic mass is 9.86. The fourth-order valence-electron chi connectivity index (χ4n) is 1.78. The Morgan fingerprint density at radius 3 is 3.00 bits per heavy atom. The summed E-state index contributed by atoms with van der Waals surface area (Å²) in [5.74, 6) is 0.371. The van der Waals surface area contributed by atoms with Crippen LogP contribution in [0, 0.1) is 5.92 Å². The Balaban J connectivity index is 2.63. The van der Waals surface area contributed by atoms with E-state index in [0.717, 1.165) is 18.6 Å². The highest BCUT2D eigenvalue weighted by molar-refractivity contribution is 5.88. The first-order valence-electron chi connectivity index (χ1n) is 4.87. The molecule has 4 nitrogen and oxygen atoms in total. The van der Waals surface area contributed by atoms with Crippen molar-refractivity contribution < 1.29 is 4.79 Å². The van der Waals surface area contributed by atoms with E-state index in [2.05, 4.69) is 23.5 Å². The third-order valence-electron chi connectivity index (χ3n) is 2.56. The number of nitrogens with one attached hydrogen (secondary N) is 1. The van der Waals surface area contributed by atoms with Crippen molar-refractivity contribution in [1.29, 1.82) is 0 Å². The van der Waals surface area contributed by atoms with E-state index in [-0.39, 0.29) is 0 Å². The number of rotatable bonds is 2. The van der Waals surface area contributed by atoms with E-state index in [0.29, 0.717) is 5.92 Å². The maximum absolute atomic E-state index is 10.5. The Kier molecular flexibility index (Phi) is 3.68. The predicted molar refractivity (Wildman–Crippen MR) is 56.9 cm³/mol.